The second kappa shape index (κ2) is 16.6. The van der Waals surface area contributed by atoms with Crippen LogP contribution in [0.25, 0.3) is 161 Å². The molecule has 16 rings (SSSR count). The topological polar surface area (TPSA) is 83.0 Å². The summed E-state index contributed by atoms with van der Waals surface area (Å²) in [6.07, 6.45) is 0. The molecule has 5 heterocycles. The number of hydrogen-bond donors (Lipinski definition) is 0. The van der Waals surface area contributed by atoms with E-state index in [0.717, 1.165) is 122 Å². The molecule has 7 nitrogen and oxygen atoms in total. The Morgan fingerprint density at radius 2 is 0.737 bits per heavy atom. The van der Waals surface area contributed by atoms with Gasteiger partial charge in [-0.15, -0.1) is 0 Å². The van der Waals surface area contributed by atoms with Crippen molar-refractivity contribution in [2.45, 2.75) is 0 Å². The van der Waals surface area contributed by atoms with Gasteiger partial charge in [0.05, 0.1) is 11.0 Å². The van der Waals surface area contributed by atoms with Crippen molar-refractivity contribution in [3.63, 3.8) is 0 Å². The summed E-state index contributed by atoms with van der Waals surface area (Å²) in [6.45, 7) is 0. The Kier molecular flexibility index (Phi) is 9.20. The van der Waals surface area contributed by atoms with Crippen LogP contribution in [-0.4, -0.2) is 19.5 Å². The lowest BCUT2D eigenvalue weighted by atomic mass is 9.95. The van der Waals surface area contributed by atoms with Gasteiger partial charge in [-0.1, -0.05) is 158 Å². The molecule has 0 spiro atoms. The second-order valence-electron chi connectivity index (χ2n) is 19.5. The Balaban J connectivity index is 0.838. The van der Waals surface area contributed by atoms with Crippen LogP contribution >= 0.6 is 0 Å². The first-order valence-electron chi connectivity index (χ1n) is 25.5. The standard InChI is InChI=1S/C69H40N4O3/c1-3-13-41(14-4-1)42-25-27-43(28-26-42)67-70-68(47-29-33-52-51-18-8-10-22-59(51)76-64(52)40-47)72-69(71-67)53-20-12-24-63-66(53)56-39-46(32-36-61(56)75-63)49-19-11-23-62-65(49)55-38-45(31-35-60(55)74-62)44-30-34-58-54(37-44)50-17-7-9-21-57(50)73(58)48-15-5-2-6-16-48/h1-40H. The fourth-order valence-corrected chi connectivity index (χ4v) is 11.5. The summed E-state index contributed by atoms with van der Waals surface area (Å²) in [5, 5.41) is 8.52. The molecule has 11 aromatic carbocycles. The van der Waals surface area contributed by atoms with Gasteiger partial charge in [-0.05, 0) is 118 Å². The number of aromatic nitrogens is 4. The van der Waals surface area contributed by atoms with Gasteiger partial charge < -0.3 is 17.8 Å². The first-order chi connectivity index (χ1) is 37.6. The molecule has 354 valence electrons. The van der Waals surface area contributed by atoms with Gasteiger partial charge in [0.25, 0.3) is 0 Å². The molecule has 0 N–H and O–H groups in total. The Labute approximate surface area is 434 Å². The number of hydrogen-bond acceptors (Lipinski definition) is 6. The van der Waals surface area contributed by atoms with Gasteiger partial charge in [-0.2, -0.15) is 0 Å². The highest BCUT2D eigenvalue weighted by Gasteiger charge is 2.22. The maximum atomic E-state index is 6.66. The quantitative estimate of drug-likeness (QED) is 0.158. The van der Waals surface area contributed by atoms with Crippen molar-refractivity contribution in [1.29, 1.82) is 0 Å². The van der Waals surface area contributed by atoms with Crippen molar-refractivity contribution in [3.05, 3.63) is 243 Å². The van der Waals surface area contributed by atoms with E-state index in [-0.39, 0.29) is 0 Å². The van der Waals surface area contributed by atoms with E-state index in [9.17, 15) is 0 Å². The van der Waals surface area contributed by atoms with Crippen LogP contribution < -0.4 is 0 Å². The summed E-state index contributed by atoms with van der Waals surface area (Å²) in [7, 11) is 0. The summed E-state index contributed by atoms with van der Waals surface area (Å²) >= 11 is 0. The van der Waals surface area contributed by atoms with Crippen molar-refractivity contribution >= 4 is 87.6 Å². The fraction of sp³-hybridized carbons (Fsp3) is 0. The molecule has 0 bridgehead atoms. The third-order valence-corrected chi connectivity index (χ3v) is 15.1. The Morgan fingerprint density at radius 3 is 1.51 bits per heavy atom. The Morgan fingerprint density at radius 1 is 0.250 bits per heavy atom. The van der Waals surface area contributed by atoms with Crippen LogP contribution in [0.15, 0.2) is 256 Å². The average molecular weight is 973 g/mol. The van der Waals surface area contributed by atoms with Gasteiger partial charge in [0.1, 0.15) is 33.5 Å². The molecule has 7 heteroatoms. The molecule has 0 saturated heterocycles. The zero-order chi connectivity index (χ0) is 49.8. The molecule has 0 amide bonds. The van der Waals surface area contributed by atoms with E-state index in [0.29, 0.717) is 17.5 Å². The number of benzene rings is 11. The highest BCUT2D eigenvalue weighted by molar-refractivity contribution is 6.17. The zero-order valence-electron chi connectivity index (χ0n) is 40.6. The third kappa shape index (κ3) is 6.66. The minimum atomic E-state index is 0.536. The Hall–Kier alpha value is -10.4. The Bertz CT molecular complexity index is 4990. The molecule has 16 aromatic rings. The molecule has 5 aromatic heterocycles. The average Bonchev–Trinajstić information content (AvgIpc) is 4.30. The minimum absolute atomic E-state index is 0.536. The zero-order valence-corrected chi connectivity index (χ0v) is 40.6. The van der Waals surface area contributed by atoms with E-state index in [4.69, 9.17) is 28.2 Å². The smallest absolute Gasteiger partial charge is 0.164 e. The van der Waals surface area contributed by atoms with Gasteiger partial charge in [0, 0.05) is 65.5 Å². The monoisotopic (exact) mass is 972 g/mol. The van der Waals surface area contributed by atoms with Gasteiger partial charge in [0.2, 0.25) is 0 Å². The number of fused-ring (bicyclic) bond motifs is 12. The maximum Gasteiger partial charge on any atom is 0.164 e. The molecule has 0 radical (unpaired) electrons. The molecule has 0 aliphatic rings. The van der Waals surface area contributed by atoms with Gasteiger partial charge in [-0.3, -0.25) is 0 Å². The summed E-state index contributed by atoms with van der Waals surface area (Å²) in [5.41, 5.74) is 17.4. The number of furan rings is 3. The lowest BCUT2D eigenvalue weighted by Crippen LogP contribution is -2.00. The van der Waals surface area contributed by atoms with Crippen LogP contribution in [0.1, 0.15) is 0 Å². The largest absolute Gasteiger partial charge is 0.456 e. The highest BCUT2D eigenvalue weighted by atomic mass is 16.3. The lowest BCUT2D eigenvalue weighted by Gasteiger charge is -2.10. The van der Waals surface area contributed by atoms with Gasteiger partial charge >= 0.3 is 0 Å². The van der Waals surface area contributed by atoms with Crippen LogP contribution in [0, 0.1) is 0 Å². The summed E-state index contributed by atoms with van der Waals surface area (Å²) in [4.78, 5) is 15.7. The van der Waals surface area contributed by atoms with Crippen LogP contribution in [0.3, 0.4) is 0 Å². The number of nitrogens with zero attached hydrogens (tertiary/aromatic N) is 4. The predicted molar refractivity (Wildman–Crippen MR) is 309 cm³/mol. The molecule has 76 heavy (non-hydrogen) atoms. The molecule has 0 fully saturated rings. The van der Waals surface area contributed by atoms with E-state index < -0.39 is 0 Å². The van der Waals surface area contributed by atoms with Gasteiger partial charge in [-0.25, -0.2) is 15.0 Å². The van der Waals surface area contributed by atoms with Crippen molar-refractivity contribution in [3.8, 4) is 73.2 Å². The predicted octanol–water partition coefficient (Wildman–Crippen LogP) is 18.7. The highest BCUT2D eigenvalue weighted by Crippen LogP contribution is 2.44. The normalized spacial score (nSPS) is 11.9. The molecule has 0 aliphatic carbocycles. The van der Waals surface area contributed by atoms with E-state index in [1.165, 1.54) is 21.8 Å². The molecule has 0 saturated carbocycles. The van der Waals surface area contributed by atoms with Gasteiger partial charge in [0.15, 0.2) is 17.5 Å². The summed E-state index contributed by atoms with van der Waals surface area (Å²) < 4.78 is 22.0. The molecule has 0 unspecified atom stereocenters. The molecule has 0 atom stereocenters. The minimum Gasteiger partial charge on any atom is -0.456 e. The summed E-state index contributed by atoms with van der Waals surface area (Å²) in [5.74, 6) is 1.64. The molecule has 0 aliphatic heterocycles. The SMILES string of the molecule is c1ccc(-c2ccc(-c3nc(-c4ccc5c(c4)oc4ccccc45)nc(-c4cccc5oc6ccc(-c7cccc8oc9ccc(-c%10ccc%11c(c%10)c%10ccccc%10n%11-c%10ccccc%10)cc9c78)cc6c45)n3)cc2)cc1. The van der Waals surface area contributed by atoms with E-state index in [2.05, 4.69) is 205 Å². The van der Waals surface area contributed by atoms with Crippen molar-refractivity contribution in [2.24, 2.45) is 0 Å². The number of rotatable bonds is 7. The van der Waals surface area contributed by atoms with Crippen LogP contribution in [0.2, 0.25) is 0 Å². The second-order valence-corrected chi connectivity index (χ2v) is 19.5. The summed E-state index contributed by atoms with van der Waals surface area (Å²) in [6, 6.07) is 84.6. The lowest BCUT2D eigenvalue weighted by molar-refractivity contribution is 0.668. The fourth-order valence-electron chi connectivity index (χ4n) is 11.5. The molecular formula is C69H40N4O3. The van der Waals surface area contributed by atoms with E-state index in [1.807, 2.05) is 42.5 Å². The van der Waals surface area contributed by atoms with E-state index >= 15 is 0 Å². The first-order valence-corrected chi connectivity index (χ1v) is 25.5. The first kappa shape index (κ1) is 42.2. The molecular weight excluding hydrogens is 933 g/mol. The van der Waals surface area contributed by atoms with Crippen molar-refractivity contribution in [2.75, 3.05) is 0 Å². The van der Waals surface area contributed by atoms with Crippen LogP contribution in [0.4, 0.5) is 0 Å². The van der Waals surface area contributed by atoms with Crippen molar-refractivity contribution < 1.29 is 13.3 Å². The van der Waals surface area contributed by atoms with Crippen LogP contribution in [0.5, 0.6) is 0 Å². The number of para-hydroxylation sites is 3. The van der Waals surface area contributed by atoms with Crippen LogP contribution in [-0.2, 0) is 0 Å². The van der Waals surface area contributed by atoms with Crippen molar-refractivity contribution in [1.82, 2.24) is 19.5 Å². The maximum absolute atomic E-state index is 6.66. The third-order valence-electron chi connectivity index (χ3n) is 15.1. The van der Waals surface area contributed by atoms with E-state index in [1.54, 1.807) is 0 Å².